The van der Waals surface area contributed by atoms with Gasteiger partial charge in [0.15, 0.2) is 0 Å². The average molecular weight is 498 g/mol. The molecule has 2 amide bonds. The fraction of sp³-hybridized carbons (Fsp3) is 0.400. The third kappa shape index (κ3) is 5.71. The molecule has 0 spiro atoms. The summed E-state index contributed by atoms with van der Waals surface area (Å²) in [5.41, 5.74) is 1.43. The van der Waals surface area contributed by atoms with Crippen LogP contribution in [0, 0.1) is 6.92 Å². The molecule has 0 atom stereocenters. The summed E-state index contributed by atoms with van der Waals surface area (Å²) < 4.78 is 27.6. The molecule has 2 saturated heterocycles. The van der Waals surface area contributed by atoms with Gasteiger partial charge in [0.2, 0.25) is 15.9 Å². The number of pyridine rings is 1. The number of nitrogens with zero attached hydrogens (tertiary/aromatic N) is 4. The smallest absolute Gasteiger partial charge is 0.253 e. The number of carbonyl (C=O) groups is 2. The van der Waals surface area contributed by atoms with E-state index >= 15 is 0 Å². The number of aryl methyl sites for hydroxylation is 1. The molecule has 1 N–H and O–H groups in total. The first-order valence-corrected chi connectivity index (χ1v) is 13.2. The van der Waals surface area contributed by atoms with E-state index in [4.69, 9.17) is 0 Å². The van der Waals surface area contributed by atoms with Gasteiger partial charge < -0.3 is 15.1 Å². The van der Waals surface area contributed by atoms with Crippen LogP contribution in [-0.2, 0) is 14.8 Å². The maximum Gasteiger partial charge on any atom is 0.253 e. The van der Waals surface area contributed by atoms with E-state index in [1.165, 1.54) is 22.5 Å². The lowest BCUT2D eigenvalue weighted by molar-refractivity contribution is -0.117. The second-order valence-electron chi connectivity index (χ2n) is 8.83. The molecule has 4 rings (SSSR count). The highest BCUT2D eigenvalue weighted by Gasteiger charge is 2.30. The average Bonchev–Trinajstić information content (AvgIpc) is 2.88. The van der Waals surface area contributed by atoms with Crippen molar-refractivity contribution in [1.82, 2.24) is 19.5 Å². The van der Waals surface area contributed by atoms with Gasteiger partial charge in [-0.05, 0) is 62.2 Å². The second kappa shape index (κ2) is 10.6. The Morgan fingerprint density at radius 2 is 1.66 bits per heavy atom. The predicted molar refractivity (Wildman–Crippen MR) is 134 cm³/mol. The first-order chi connectivity index (χ1) is 16.8. The van der Waals surface area contributed by atoms with Crippen molar-refractivity contribution in [3.63, 3.8) is 0 Å². The van der Waals surface area contributed by atoms with E-state index in [2.05, 4.69) is 21.8 Å². The SMILES string of the molecule is C=CC(=O)NC1CCN(S(=O)(=O)c2ccc(C(=O)N3CCN(c4cccc(C)n4)CC3)cc2)CC1. The van der Waals surface area contributed by atoms with Crippen molar-refractivity contribution in [3.8, 4) is 0 Å². The van der Waals surface area contributed by atoms with Gasteiger partial charge in [-0.25, -0.2) is 13.4 Å². The third-order valence-corrected chi connectivity index (χ3v) is 8.40. The summed E-state index contributed by atoms with van der Waals surface area (Å²) in [7, 11) is -3.67. The minimum absolute atomic E-state index is 0.0610. The highest BCUT2D eigenvalue weighted by molar-refractivity contribution is 7.89. The number of amides is 2. The molecule has 0 radical (unpaired) electrons. The Hall–Kier alpha value is -3.24. The van der Waals surface area contributed by atoms with Gasteiger partial charge in [-0.1, -0.05) is 12.6 Å². The third-order valence-electron chi connectivity index (χ3n) is 6.49. The van der Waals surface area contributed by atoms with E-state index in [0.717, 1.165) is 11.5 Å². The molecule has 2 fully saturated rings. The number of aromatic nitrogens is 1. The molecular weight excluding hydrogens is 466 g/mol. The molecule has 1 aromatic carbocycles. The Morgan fingerprint density at radius 1 is 1.00 bits per heavy atom. The first kappa shape index (κ1) is 24.9. The summed E-state index contributed by atoms with van der Waals surface area (Å²) in [6, 6.07) is 12.0. The molecule has 1 aromatic heterocycles. The van der Waals surface area contributed by atoms with E-state index in [1.807, 2.05) is 25.1 Å². The van der Waals surface area contributed by atoms with Gasteiger partial charge in [0.05, 0.1) is 4.90 Å². The van der Waals surface area contributed by atoms with Crippen LogP contribution in [0.3, 0.4) is 0 Å². The zero-order valence-corrected chi connectivity index (χ0v) is 20.7. The topological polar surface area (TPSA) is 103 Å². The van der Waals surface area contributed by atoms with Crippen LogP contribution in [0.5, 0.6) is 0 Å². The van der Waals surface area contributed by atoms with Crippen molar-refractivity contribution in [3.05, 3.63) is 66.4 Å². The molecular formula is C25H31N5O4S. The zero-order chi connectivity index (χ0) is 25.0. The summed E-state index contributed by atoms with van der Waals surface area (Å²) in [4.78, 5) is 33.2. The Balaban J connectivity index is 1.34. The number of sulfonamides is 1. The predicted octanol–water partition coefficient (Wildman–Crippen LogP) is 1.81. The molecule has 0 saturated carbocycles. The highest BCUT2D eigenvalue weighted by Crippen LogP contribution is 2.22. The Bertz CT molecular complexity index is 1180. The number of carbonyl (C=O) groups excluding carboxylic acids is 2. The molecule has 2 aliphatic rings. The van der Waals surface area contributed by atoms with Crippen LogP contribution < -0.4 is 10.2 Å². The van der Waals surface area contributed by atoms with E-state index in [9.17, 15) is 18.0 Å². The standard InChI is InChI=1S/C25H31N5O4S/c1-3-24(31)27-21-11-13-30(14-12-21)35(33,34)22-9-7-20(8-10-22)25(32)29-17-15-28(16-18-29)23-6-4-5-19(2)26-23/h3-10,21H,1,11-18H2,2H3,(H,27,31). The normalized spacial score (nSPS) is 17.7. The Morgan fingerprint density at radius 3 is 2.26 bits per heavy atom. The van der Waals surface area contributed by atoms with Crippen molar-refractivity contribution < 1.29 is 18.0 Å². The van der Waals surface area contributed by atoms with Crippen molar-refractivity contribution >= 4 is 27.7 Å². The number of benzene rings is 1. The minimum atomic E-state index is -3.67. The van der Waals surface area contributed by atoms with Crippen LogP contribution in [-0.4, -0.2) is 79.7 Å². The molecule has 10 heteroatoms. The van der Waals surface area contributed by atoms with E-state index in [-0.39, 0.29) is 22.8 Å². The molecule has 9 nitrogen and oxygen atoms in total. The summed E-state index contributed by atoms with van der Waals surface area (Å²) in [6.45, 7) is 8.58. The number of anilines is 1. The second-order valence-corrected chi connectivity index (χ2v) is 10.8. The maximum absolute atomic E-state index is 13.1. The fourth-order valence-corrected chi connectivity index (χ4v) is 5.91. The van der Waals surface area contributed by atoms with Gasteiger partial charge in [0, 0.05) is 56.6 Å². The monoisotopic (exact) mass is 497 g/mol. The lowest BCUT2D eigenvalue weighted by Gasteiger charge is -2.35. The van der Waals surface area contributed by atoms with Crippen molar-refractivity contribution in [2.45, 2.75) is 30.7 Å². The van der Waals surface area contributed by atoms with Gasteiger partial charge >= 0.3 is 0 Å². The zero-order valence-electron chi connectivity index (χ0n) is 19.9. The van der Waals surface area contributed by atoms with Crippen molar-refractivity contribution in [2.24, 2.45) is 0 Å². The Labute approximate surface area is 206 Å². The number of hydrogen-bond acceptors (Lipinski definition) is 6. The lowest BCUT2D eigenvalue weighted by atomic mass is 10.1. The lowest BCUT2D eigenvalue weighted by Crippen LogP contribution is -2.49. The van der Waals surface area contributed by atoms with Gasteiger partial charge in [0.1, 0.15) is 5.82 Å². The quantitative estimate of drug-likeness (QED) is 0.611. The van der Waals surface area contributed by atoms with E-state index in [0.29, 0.717) is 57.7 Å². The van der Waals surface area contributed by atoms with Gasteiger partial charge in [-0.2, -0.15) is 4.31 Å². The van der Waals surface area contributed by atoms with Crippen LogP contribution in [0.15, 0.2) is 60.0 Å². The van der Waals surface area contributed by atoms with E-state index in [1.54, 1.807) is 17.0 Å². The molecule has 2 aromatic rings. The largest absolute Gasteiger partial charge is 0.353 e. The Kier molecular flexibility index (Phi) is 7.51. The molecule has 2 aliphatic heterocycles. The minimum Gasteiger partial charge on any atom is -0.353 e. The van der Waals surface area contributed by atoms with Crippen LogP contribution in [0.4, 0.5) is 5.82 Å². The fourth-order valence-electron chi connectivity index (χ4n) is 4.45. The molecule has 35 heavy (non-hydrogen) atoms. The van der Waals surface area contributed by atoms with Crippen LogP contribution in [0.1, 0.15) is 28.9 Å². The van der Waals surface area contributed by atoms with Crippen LogP contribution >= 0.6 is 0 Å². The number of hydrogen-bond donors (Lipinski definition) is 1. The van der Waals surface area contributed by atoms with E-state index < -0.39 is 10.0 Å². The molecule has 0 aliphatic carbocycles. The van der Waals surface area contributed by atoms with Gasteiger partial charge in [0.25, 0.3) is 5.91 Å². The van der Waals surface area contributed by atoms with Crippen molar-refractivity contribution in [1.29, 1.82) is 0 Å². The van der Waals surface area contributed by atoms with Gasteiger partial charge in [-0.3, -0.25) is 9.59 Å². The summed E-state index contributed by atoms with van der Waals surface area (Å²) in [5.74, 6) is 0.558. The number of piperazine rings is 1. The highest BCUT2D eigenvalue weighted by atomic mass is 32.2. The number of rotatable bonds is 6. The molecule has 0 bridgehead atoms. The first-order valence-electron chi connectivity index (χ1n) is 11.8. The number of nitrogens with one attached hydrogen (secondary N) is 1. The van der Waals surface area contributed by atoms with Crippen molar-refractivity contribution in [2.75, 3.05) is 44.2 Å². The molecule has 186 valence electrons. The molecule has 0 unspecified atom stereocenters. The molecule has 3 heterocycles. The summed E-state index contributed by atoms with van der Waals surface area (Å²) in [6.07, 6.45) is 2.30. The maximum atomic E-state index is 13.1. The summed E-state index contributed by atoms with van der Waals surface area (Å²) >= 11 is 0. The number of piperidine rings is 1. The van der Waals surface area contributed by atoms with Crippen LogP contribution in [0.25, 0.3) is 0 Å². The summed E-state index contributed by atoms with van der Waals surface area (Å²) in [5, 5.41) is 2.82. The van der Waals surface area contributed by atoms with Crippen LogP contribution in [0.2, 0.25) is 0 Å². The van der Waals surface area contributed by atoms with Gasteiger partial charge in [-0.15, -0.1) is 0 Å².